The highest BCUT2D eigenvalue weighted by molar-refractivity contribution is 7.76. The molecule has 6 nitrogen and oxygen atoms in total. The highest BCUT2D eigenvalue weighted by Crippen LogP contribution is 2.56. The standard InChI is InChI=1S/C21H42N3P.C9H19N3/c1-21(2,3)23-20(22-16-17-24(4)5)25(18-12-8-6-9-13-18)19-14-10-7-11-15-19;1-9(2,3)11-8-10-6-7-12(4)5/h18-19H,6-17H2,1-5H3,(H,22,23);6-7H2,1-5H3. The lowest BCUT2D eigenvalue weighted by Crippen LogP contribution is -2.43. The molecule has 0 aromatic rings. The Hall–Kier alpha value is -0.800. The summed E-state index contributed by atoms with van der Waals surface area (Å²) in [6, 6.07) is 2.70. The molecule has 2 saturated carbocycles. The van der Waals surface area contributed by atoms with Gasteiger partial charge in [0.2, 0.25) is 0 Å². The largest absolute Gasteiger partial charge is 0.366 e. The first-order chi connectivity index (χ1) is 17.3. The van der Waals surface area contributed by atoms with Crippen molar-refractivity contribution in [2.24, 2.45) is 15.0 Å². The van der Waals surface area contributed by atoms with Crippen molar-refractivity contribution < 1.29 is 0 Å². The van der Waals surface area contributed by atoms with Gasteiger partial charge in [-0.05, 0) is 115 Å². The average Bonchev–Trinajstić information content (AvgIpc) is 2.79. The zero-order chi connectivity index (χ0) is 27.9. The molecule has 0 heterocycles. The highest BCUT2D eigenvalue weighted by atomic mass is 31.1. The molecule has 0 saturated heterocycles. The number of nitrogens with one attached hydrogen (secondary N) is 1. The molecule has 0 unspecified atom stereocenters. The molecule has 0 atom stereocenters. The van der Waals surface area contributed by atoms with Crippen LogP contribution in [0.1, 0.15) is 106 Å². The summed E-state index contributed by atoms with van der Waals surface area (Å²) in [5.74, 6) is 0. The number of likely N-dealkylation sites (N-methyl/N-ethyl adjacent to an activating group) is 2. The molecule has 1 N–H and O–H groups in total. The molecular weight excluding hydrogens is 475 g/mol. The molecule has 7 heteroatoms. The van der Waals surface area contributed by atoms with Gasteiger partial charge in [-0.3, -0.25) is 4.99 Å². The predicted molar refractivity (Wildman–Crippen MR) is 167 cm³/mol. The minimum Gasteiger partial charge on any atom is -0.366 e. The van der Waals surface area contributed by atoms with Crippen LogP contribution in [-0.2, 0) is 0 Å². The maximum atomic E-state index is 5.19. The van der Waals surface area contributed by atoms with Crippen molar-refractivity contribution in [1.82, 2.24) is 15.1 Å². The molecule has 0 spiro atoms. The summed E-state index contributed by atoms with van der Waals surface area (Å²) < 4.78 is 0. The summed E-state index contributed by atoms with van der Waals surface area (Å²) in [6.45, 7) is 16.7. The smallest absolute Gasteiger partial charge is 0.120 e. The van der Waals surface area contributed by atoms with Crippen LogP contribution in [0.15, 0.2) is 15.0 Å². The Morgan fingerprint density at radius 3 is 1.62 bits per heavy atom. The third-order valence-corrected chi connectivity index (χ3v) is 9.94. The third kappa shape index (κ3) is 17.4. The number of nitrogens with zero attached hydrogens (tertiary/aromatic N) is 5. The first-order valence-electron chi connectivity index (χ1n) is 14.8. The summed E-state index contributed by atoms with van der Waals surface area (Å²) >= 11 is 0. The van der Waals surface area contributed by atoms with Crippen molar-refractivity contribution in [3.63, 3.8) is 0 Å². The lowest BCUT2D eigenvalue weighted by molar-refractivity contribution is 0.420. The molecule has 2 rings (SSSR count). The van der Waals surface area contributed by atoms with Crippen LogP contribution in [0, 0.1) is 0 Å². The van der Waals surface area contributed by atoms with Crippen LogP contribution in [0.4, 0.5) is 0 Å². The van der Waals surface area contributed by atoms with E-state index in [-0.39, 0.29) is 19.0 Å². The Bertz CT molecular complexity index is 668. The first-order valence-corrected chi connectivity index (χ1v) is 16.3. The summed E-state index contributed by atoms with van der Waals surface area (Å²) in [5, 5.41) is 3.88. The lowest BCUT2D eigenvalue weighted by Gasteiger charge is -2.41. The monoisotopic (exact) mass is 536 g/mol. The van der Waals surface area contributed by atoms with E-state index >= 15 is 0 Å². The van der Waals surface area contributed by atoms with E-state index in [1.165, 1.54) is 69.8 Å². The van der Waals surface area contributed by atoms with E-state index in [2.05, 4.69) is 66.0 Å². The summed E-state index contributed by atoms with van der Waals surface area (Å²) in [4.78, 5) is 17.7. The normalized spacial score (nSPS) is 18.5. The Labute approximate surface area is 232 Å². The summed E-state index contributed by atoms with van der Waals surface area (Å²) in [5.41, 5.74) is 3.30. The molecule has 2 fully saturated rings. The fraction of sp³-hybridized carbons (Fsp3) is 0.933. The van der Waals surface area contributed by atoms with Gasteiger partial charge in [-0.2, -0.15) is 0 Å². The number of aliphatic imine (C=N–C) groups is 3. The van der Waals surface area contributed by atoms with Crippen LogP contribution in [0.3, 0.4) is 0 Å². The second-order valence-electron chi connectivity index (χ2n) is 13.4. The Morgan fingerprint density at radius 2 is 1.22 bits per heavy atom. The first kappa shape index (κ1) is 34.2. The number of hydrogen-bond acceptors (Lipinski definition) is 5. The van der Waals surface area contributed by atoms with Gasteiger partial charge in [0, 0.05) is 18.6 Å². The van der Waals surface area contributed by atoms with Gasteiger partial charge >= 0.3 is 0 Å². The van der Waals surface area contributed by atoms with E-state index in [9.17, 15) is 0 Å². The molecule has 216 valence electrons. The van der Waals surface area contributed by atoms with Gasteiger partial charge in [0.05, 0.1) is 24.6 Å². The maximum Gasteiger partial charge on any atom is 0.120 e. The Kier molecular flexibility index (Phi) is 16.4. The summed E-state index contributed by atoms with van der Waals surface area (Å²) in [7, 11) is 8.21. The number of rotatable bonds is 9. The van der Waals surface area contributed by atoms with Crippen molar-refractivity contribution in [2.75, 3.05) is 54.4 Å². The van der Waals surface area contributed by atoms with Crippen molar-refractivity contribution >= 4 is 19.5 Å². The summed E-state index contributed by atoms with van der Waals surface area (Å²) in [6.07, 6.45) is 14.4. The van der Waals surface area contributed by atoms with Crippen LogP contribution in [0.2, 0.25) is 0 Å². The van der Waals surface area contributed by atoms with Crippen molar-refractivity contribution in [3.8, 4) is 0 Å². The zero-order valence-corrected chi connectivity index (χ0v) is 27.1. The van der Waals surface area contributed by atoms with Gasteiger partial charge in [0.1, 0.15) is 5.58 Å². The lowest BCUT2D eigenvalue weighted by atomic mass is 9.99. The van der Waals surface area contributed by atoms with Gasteiger partial charge < -0.3 is 15.1 Å². The van der Waals surface area contributed by atoms with Gasteiger partial charge in [0.25, 0.3) is 0 Å². The van der Waals surface area contributed by atoms with Crippen LogP contribution in [-0.4, -0.2) is 98.2 Å². The van der Waals surface area contributed by atoms with E-state index < -0.39 is 0 Å². The van der Waals surface area contributed by atoms with Crippen LogP contribution < -0.4 is 5.32 Å². The Balaban J connectivity index is 0.000000482. The second kappa shape index (κ2) is 17.7. The van der Waals surface area contributed by atoms with Crippen LogP contribution >= 0.6 is 7.92 Å². The van der Waals surface area contributed by atoms with Gasteiger partial charge in [0.15, 0.2) is 0 Å². The van der Waals surface area contributed by atoms with Crippen molar-refractivity contribution in [1.29, 1.82) is 0 Å². The quantitative estimate of drug-likeness (QED) is 0.197. The van der Waals surface area contributed by atoms with Gasteiger partial charge in [-0.25, -0.2) is 9.98 Å². The number of amidine groups is 1. The van der Waals surface area contributed by atoms with E-state index in [1.54, 1.807) is 0 Å². The SMILES string of the molecule is CN(C)CCN=C(NC(C)(C)C)P(C1CCCCC1)C1CCCCC1.CN(C)CCN=C=NC(C)(C)C. The minimum absolute atomic E-state index is 0.0540. The van der Waals surface area contributed by atoms with E-state index in [1.807, 2.05) is 34.9 Å². The molecule has 0 aliphatic heterocycles. The second-order valence-corrected chi connectivity index (χ2v) is 16.1. The van der Waals surface area contributed by atoms with Gasteiger partial charge in [-0.15, -0.1) is 0 Å². The average molecular weight is 537 g/mol. The maximum absolute atomic E-state index is 5.19. The molecule has 0 bridgehead atoms. The molecule has 0 aromatic heterocycles. The van der Waals surface area contributed by atoms with Gasteiger partial charge in [-0.1, -0.05) is 38.5 Å². The highest BCUT2D eigenvalue weighted by Gasteiger charge is 2.35. The van der Waals surface area contributed by atoms with Crippen molar-refractivity contribution in [3.05, 3.63) is 0 Å². The number of hydrogen-bond donors (Lipinski definition) is 1. The zero-order valence-electron chi connectivity index (χ0n) is 26.2. The molecular formula is C30H61N6P. The van der Waals surface area contributed by atoms with E-state index in [0.717, 1.165) is 37.5 Å². The Morgan fingerprint density at radius 1 is 0.757 bits per heavy atom. The van der Waals surface area contributed by atoms with E-state index in [4.69, 9.17) is 4.99 Å². The molecule has 0 amide bonds. The molecule has 2 aliphatic carbocycles. The minimum atomic E-state index is -0.135. The molecule has 2 aliphatic rings. The third-order valence-electron chi connectivity index (χ3n) is 6.59. The van der Waals surface area contributed by atoms with E-state index in [0.29, 0.717) is 0 Å². The van der Waals surface area contributed by atoms with Crippen LogP contribution in [0.25, 0.3) is 0 Å². The molecule has 0 aromatic carbocycles. The fourth-order valence-electron chi connectivity index (χ4n) is 4.72. The topological polar surface area (TPSA) is 55.6 Å². The molecule has 0 radical (unpaired) electrons. The van der Waals surface area contributed by atoms with Crippen LogP contribution in [0.5, 0.6) is 0 Å². The fourth-order valence-corrected chi connectivity index (χ4v) is 8.58. The predicted octanol–water partition coefficient (Wildman–Crippen LogP) is 6.96. The van der Waals surface area contributed by atoms with Crippen molar-refractivity contribution in [2.45, 2.75) is 128 Å². The molecule has 37 heavy (non-hydrogen) atoms.